The predicted octanol–water partition coefficient (Wildman–Crippen LogP) is 3.48. The van der Waals surface area contributed by atoms with Gasteiger partial charge in [0.15, 0.2) is 11.6 Å². The lowest BCUT2D eigenvalue weighted by molar-refractivity contribution is 0.433. The van der Waals surface area contributed by atoms with Gasteiger partial charge in [0.25, 0.3) is 0 Å². The van der Waals surface area contributed by atoms with E-state index in [9.17, 15) is 13.2 Å². The van der Waals surface area contributed by atoms with E-state index in [1.807, 2.05) is 0 Å². The first-order chi connectivity index (χ1) is 8.04. The van der Waals surface area contributed by atoms with E-state index < -0.39 is 17.5 Å². The van der Waals surface area contributed by atoms with Gasteiger partial charge in [-0.3, -0.25) is 0 Å². The van der Waals surface area contributed by atoms with Crippen LogP contribution in [0.1, 0.15) is 0 Å². The molecule has 2 nitrogen and oxygen atoms in total. The summed E-state index contributed by atoms with van der Waals surface area (Å²) in [5.74, 6) is -2.32. The summed E-state index contributed by atoms with van der Waals surface area (Å²) in [6.07, 6.45) is 0. The van der Waals surface area contributed by atoms with Crippen LogP contribution in [0.3, 0.4) is 0 Å². The van der Waals surface area contributed by atoms with Crippen LogP contribution in [-0.4, -0.2) is 0 Å². The first-order valence-electron chi connectivity index (χ1n) is 4.73. The summed E-state index contributed by atoms with van der Waals surface area (Å²) in [6.45, 7) is 0. The molecule has 0 aliphatic rings. The summed E-state index contributed by atoms with van der Waals surface area (Å²) in [5, 5.41) is 0. The third-order valence-corrected chi connectivity index (χ3v) is 2.01. The lowest BCUT2D eigenvalue weighted by Gasteiger charge is -2.07. The fourth-order valence-corrected chi connectivity index (χ4v) is 1.33. The number of anilines is 1. The Morgan fingerprint density at radius 3 is 2.35 bits per heavy atom. The summed E-state index contributed by atoms with van der Waals surface area (Å²) >= 11 is 0. The fraction of sp³-hybridized carbons (Fsp3) is 0. The number of hydrogen-bond acceptors (Lipinski definition) is 2. The maximum atomic E-state index is 13.2. The van der Waals surface area contributed by atoms with Crippen molar-refractivity contribution in [3.63, 3.8) is 0 Å². The van der Waals surface area contributed by atoms with E-state index in [4.69, 9.17) is 10.5 Å². The van der Waals surface area contributed by atoms with E-state index in [0.717, 1.165) is 30.3 Å². The van der Waals surface area contributed by atoms with Crippen LogP contribution in [0.2, 0.25) is 0 Å². The molecule has 0 bridgehead atoms. The largest absolute Gasteiger partial charge is 0.454 e. The number of halogens is 3. The molecule has 0 aromatic heterocycles. The molecular formula is C12H8F3NO. The number of nitrogens with two attached hydrogens (primary N) is 1. The second-order valence-electron chi connectivity index (χ2n) is 3.40. The summed E-state index contributed by atoms with van der Waals surface area (Å²) in [6, 6.07) is 6.19. The van der Waals surface area contributed by atoms with Crippen LogP contribution < -0.4 is 10.5 Å². The van der Waals surface area contributed by atoms with Gasteiger partial charge in [-0.15, -0.1) is 0 Å². The second-order valence-corrected chi connectivity index (χ2v) is 3.40. The standard InChI is InChI=1S/C12H8F3NO/c13-7-1-2-11(15)12(5-7)17-10-4-8(14)3-9(16)6-10/h1-6H,16H2. The molecule has 2 N–H and O–H groups in total. The highest BCUT2D eigenvalue weighted by molar-refractivity contribution is 5.46. The van der Waals surface area contributed by atoms with Crippen LogP contribution in [-0.2, 0) is 0 Å². The van der Waals surface area contributed by atoms with E-state index in [-0.39, 0.29) is 17.2 Å². The van der Waals surface area contributed by atoms with Gasteiger partial charge in [0, 0.05) is 23.9 Å². The molecule has 2 rings (SSSR count). The predicted molar refractivity (Wildman–Crippen MR) is 57.2 cm³/mol. The Bertz CT molecular complexity index is 537. The molecular weight excluding hydrogens is 231 g/mol. The topological polar surface area (TPSA) is 35.2 Å². The van der Waals surface area contributed by atoms with Gasteiger partial charge in [0.2, 0.25) is 0 Å². The lowest BCUT2D eigenvalue weighted by Crippen LogP contribution is -1.92. The Kier molecular flexibility index (Phi) is 2.91. The van der Waals surface area contributed by atoms with Crippen molar-refractivity contribution < 1.29 is 17.9 Å². The average molecular weight is 239 g/mol. The van der Waals surface area contributed by atoms with Gasteiger partial charge in [-0.05, 0) is 18.2 Å². The minimum Gasteiger partial charge on any atom is -0.454 e. The van der Waals surface area contributed by atoms with Crippen molar-refractivity contribution in [2.24, 2.45) is 0 Å². The maximum Gasteiger partial charge on any atom is 0.165 e. The van der Waals surface area contributed by atoms with Crippen molar-refractivity contribution >= 4 is 5.69 Å². The van der Waals surface area contributed by atoms with E-state index in [1.165, 1.54) is 6.07 Å². The molecule has 5 heteroatoms. The van der Waals surface area contributed by atoms with Gasteiger partial charge < -0.3 is 10.5 Å². The van der Waals surface area contributed by atoms with Crippen molar-refractivity contribution in [3.05, 3.63) is 53.8 Å². The molecule has 0 saturated heterocycles. The van der Waals surface area contributed by atoms with Gasteiger partial charge in [0.1, 0.15) is 17.4 Å². The first kappa shape index (κ1) is 11.3. The number of rotatable bonds is 2. The molecule has 0 aliphatic carbocycles. The van der Waals surface area contributed by atoms with Gasteiger partial charge >= 0.3 is 0 Å². The molecule has 0 atom stereocenters. The van der Waals surface area contributed by atoms with E-state index in [2.05, 4.69) is 0 Å². The highest BCUT2D eigenvalue weighted by Gasteiger charge is 2.07. The molecule has 0 fully saturated rings. The normalized spacial score (nSPS) is 10.3. The zero-order valence-corrected chi connectivity index (χ0v) is 8.58. The molecule has 88 valence electrons. The highest BCUT2D eigenvalue weighted by atomic mass is 19.1. The van der Waals surface area contributed by atoms with Crippen molar-refractivity contribution in [3.8, 4) is 11.5 Å². The third kappa shape index (κ3) is 2.69. The third-order valence-electron chi connectivity index (χ3n) is 2.01. The second kappa shape index (κ2) is 4.37. The molecule has 0 amide bonds. The lowest BCUT2D eigenvalue weighted by atomic mass is 10.3. The van der Waals surface area contributed by atoms with E-state index in [1.54, 1.807) is 0 Å². The Hall–Kier alpha value is -2.17. The van der Waals surface area contributed by atoms with Crippen LogP contribution >= 0.6 is 0 Å². The van der Waals surface area contributed by atoms with Crippen LogP contribution in [0.15, 0.2) is 36.4 Å². The zero-order valence-electron chi connectivity index (χ0n) is 8.58. The molecule has 0 radical (unpaired) electrons. The first-order valence-corrected chi connectivity index (χ1v) is 4.73. The maximum absolute atomic E-state index is 13.2. The molecule has 0 unspecified atom stereocenters. The molecule has 0 spiro atoms. The van der Waals surface area contributed by atoms with Gasteiger partial charge in [-0.1, -0.05) is 0 Å². The minimum atomic E-state index is -0.741. The Morgan fingerprint density at radius 1 is 0.882 bits per heavy atom. The van der Waals surface area contributed by atoms with Crippen molar-refractivity contribution in [2.75, 3.05) is 5.73 Å². The SMILES string of the molecule is Nc1cc(F)cc(Oc2cc(F)ccc2F)c1. The van der Waals surface area contributed by atoms with Gasteiger partial charge in [-0.25, -0.2) is 13.2 Å². The smallest absolute Gasteiger partial charge is 0.165 e. The van der Waals surface area contributed by atoms with Gasteiger partial charge in [0.05, 0.1) is 0 Å². The number of nitrogen functional groups attached to an aromatic ring is 1. The molecule has 2 aromatic carbocycles. The average Bonchev–Trinajstić information content (AvgIpc) is 2.22. The highest BCUT2D eigenvalue weighted by Crippen LogP contribution is 2.27. The zero-order chi connectivity index (χ0) is 12.4. The van der Waals surface area contributed by atoms with E-state index >= 15 is 0 Å². The number of hydrogen-bond donors (Lipinski definition) is 1. The van der Waals surface area contributed by atoms with Crippen LogP contribution in [0, 0.1) is 17.5 Å². The summed E-state index contributed by atoms with van der Waals surface area (Å²) in [5.41, 5.74) is 5.53. The van der Waals surface area contributed by atoms with Crippen molar-refractivity contribution in [2.45, 2.75) is 0 Å². The Balaban J connectivity index is 2.34. The van der Waals surface area contributed by atoms with E-state index in [0.29, 0.717) is 0 Å². The Morgan fingerprint density at radius 2 is 1.65 bits per heavy atom. The fourth-order valence-electron chi connectivity index (χ4n) is 1.33. The molecule has 0 aliphatic heterocycles. The van der Waals surface area contributed by atoms with Crippen LogP contribution in [0.5, 0.6) is 11.5 Å². The quantitative estimate of drug-likeness (QED) is 0.814. The monoisotopic (exact) mass is 239 g/mol. The molecule has 0 heterocycles. The Labute approximate surface area is 95.4 Å². The molecule has 17 heavy (non-hydrogen) atoms. The summed E-state index contributed by atoms with van der Waals surface area (Å²) in [7, 11) is 0. The van der Waals surface area contributed by atoms with Crippen molar-refractivity contribution in [1.29, 1.82) is 0 Å². The van der Waals surface area contributed by atoms with Crippen LogP contribution in [0.25, 0.3) is 0 Å². The summed E-state index contributed by atoms with van der Waals surface area (Å²) < 4.78 is 44.1. The number of benzene rings is 2. The minimum absolute atomic E-state index is 0.00648. The van der Waals surface area contributed by atoms with Crippen molar-refractivity contribution in [1.82, 2.24) is 0 Å². The molecule has 0 saturated carbocycles. The van der Waals surface area contributed by atoms with Crippen LogP contribution in [0.4, 0.5) is 18.9 Å². The summed E-state index contributed by atoms with van der Waals surface area (Å²) in [4.78, 5) is 0. The number of ether oxygens (including phenoxy) is 1. The van der Waals surface area contributed by atoms with Gasteiger partial charge in [-0.2, -0.15) is 0 Å². The molecule has 2 aromatic rings.